The molecule has 8 nitrogen and oxygen atoms in total. The number of nitrogens with zero attached hydrogens (tertiary/aromatic N) is 2. The third kappa shape index (κ3) is 2.37. The van der Waals surface area contributed by atoms with Gasteiger partial charge in [0.2, 0.25) is 4.91 Å². The van der Waals surface area contributed by atoms with Gasteiger partial charge in [0.25, 0.3) is 0 Å². The molecule has 2 aliphatic heterocycles. The molecule has 0 aromatic heterocycles. The third-order valence-electron chi connectivity index (χ3n) is 2.77. The Morgan fingerprint density at radius 1 is 1.47 bits per heavy atom. The molecule has 0 amide bonds. The van der Waals surface area contributed by atoms with Gasteiger partial charge in [-0.25, -0.2) is 0 Å². The molecule has 2 saturated heterocycles. The lowest BCUT2D eigenvalue weighted by atomic mass is 10.1. The highest BCUT2D eigenvalue weighted by molar-refractivity contribution is 4.95. The zero-order valence-electron chi connectivity index (χ0n) is 9.61. The predicted octanol–water partition coefficient (Wildman–Crippen LogP) is -0.865. The number of aliphatic hydroxyl groups is 2. The summed E-state index contributed by atoms with van der Waals surface area (Å²) in [5.74, 6) is -0.798. The van der Waals surface area contributed by atoms with Gasteiger partial charge in [-0.1, -0.05) is 0 Å². The minimum atomic E-state index is -1.04. The molecule has 2 rings (SSSR count). The molecule has 0 aromatic rings. The van der Waals surface area contributed by atoms with Crippen molar-refractivity contribution in [3.05, 3.63) is 0 Å². The molecule has 0 aliphatic carbocycles. The van der Waals surface area contributed by atoms with Gasteiger partial charge < -0.3 is 24.4 Å². The maximum Gasteiger partial charge on any atom is 0.214 e. The zero-order valence-corrected chi connectivity index (χ0v) is 9.61. The smallest absolute Gasteiger partial charge is 0.214 e. The topological polar surface area (TPSA) is 118 Å². The number of hydrogen-bond acceptors (Lipinski definition) is 7. The van der Waals surface area contributed by atoms with Crippen molar-refractivity contribution in [2.45, 2.75) is 50.3 Å². The Balaban J connectivity index is 2.00. The maximum absolute atomic E-state index is 9.95. The van der Waals surface area contributed by atoms with Crippen LogP contribution in [0.25, 0.3) is 0 Å². The van der Waals surface area contributed by atoms with Crippen LogP contribution in [0.15, 0.2) is 5.11 Å². The molecule has 96 valence electrons. The highest BCUT2D eigenvalue weighted by Gasteiger charge is 2.55. The number of ether oxygens (including phenoxy) is 3. The average Bonchev–Trinajstić information content (AvgIpc) is 2.70. The van der Waals surface area contributed by atoms with Crippen molar-refractivity contribution in [2.24, 2.45) is 5.11 Å². The summed E-state index contributed by atoms with van der Waals surface area (Å²) in [7, 11) is 0. The molecule has 2 heterocycles. The molecule has 0 bridgehead atoms. The molecule has 3 N–H and O–H groups in total. The van der Waals surface area contributed by atoms with Crippen molar-refractivity contribution in [1.82, 2.24) is 4.91 Å². The SMILES string of the molecule is CC1(C)O[C@@H]2OC([C@@H](O)CN=[N+]=N)C(O)[C@@H]2O1. The van der Waals surface area contributed by atoms with Gasteiger partial charge in [0, 0.05) is 0 Å². The quantitative estimate of drug-likeness (QED) is 0.442. The first kappa shape index (κ1) is 12.6. The maximum atomic E-state index is 9.95. The van der Waals surface area contributed by atoms with Gasteiger partial charge >= 0.3 is 0 Å². The van der Waals surface area contributed by atoms with Crippen LogP contribution < -0.4 is 4.91 Å². The van der Waals surface area contributed by atoms with E-state index in [0.717, 1.165) is 0 Å². The monoisotopic (exact) mass is 246 g/mol. The fourth-order valence-electron chi connectivity index (χ4n) is 2.06. The van der Waals surface area contributed by atoms with Crippen LogP contribution in [0.5, 0.6) is 0 Å². The Kier molecular flexibility index (Phi) is 3.26. The molecule has 17 heavy (non-hydrogen) atoms. The first-order valence-electron chi connectivity index (χ1n) is 5.35. The Morgan fingerprint density at radius 3 is 2.76 bits per heavy atom. The Hall–Kier alpha value is -0.890. The summed E-state index contributed by atoms with van der Waals surface area (Å²) in [5, 5.41) is 23.0. The molecule has 0 aromatic carbocycles. The summed E-state index contributed by atoms with van der Waals surface area (Å²) >= 11 is 0. The average molecular weight is 246 g/mol. The molecule has 0 radical (unpaired) electrons. The molecule has 8 heteroatoms. The van der Waals surface area contributed by atoms with E-state index >= 15 is 0 Å². The minimum absolute atomic E-state index is 0.103. The second kappa shape index (κ2) is 4.41. The highest BCUT2D eigenvalue weighted by Crippen LogP contribution is 2.38. The van der Waals surface area contributed by atoms with Crippen LogP contribution in [-0.4, -0.2) is 53.3 Å². The van der Waals surface area contributed by atoms with Crippen LogP contribution in [0.3, 0.4) is 0 Å². The minimum Gasteiger partial charge on any atom is -0.388 e. The largest absolute Gasteiger partial charge is 0.388 e. The molecule has 2 unspecified atom stereocenters. The van der Waals surface area contributed by atoms with Gasteiger partial charge in [0.05, 0.1) is 0 Å². The second-order valence-electron chi connectivity index (χ2n) is 4.55. The second-order valence-corrected chi connectivity index (χ2v) is 4.55. The van der Waals surface area contributed by atoms with E-state index in [0.29, 0.717) is 0 Å². The Bertz CT molecular complexity index is 344. The van der Waals surface area contributed by atoms with Crippen LogP contribution in [-0.2, 0) is 14.2 Å². The van der Waals surface area contributed by atoms with Gasteiger partial charge in [0.1, 0.15) is 35.1 Å². The zero-order chi connectivity index (χ0) is 12.6. The van der Waals surface area contributed by atoms with Crippen molar-refractivity contribution >= 4 is 0 Å². The van der Waals surface area contributed by atoms with E-state index < -0.39 is 36.5 Å². The van der Waals surface area contributed by atoms with Crippen molar-refractivity contribution in [3.63, 3.8) is 0 Å². The first-order chi connectivity index (χ1) is 7.94. The van der Waals surface area contributed by atoms with Crippen LogP contribution in [0.4, 0.5) is 0 Å². The molecular formula is C9H16N3O5+. The lowest BCUT2D eigenvalue weighted by Crippen LogP contribution is -2.42. The van der Waals surface area contributed by atoms with E-state index in [1.165, 1.54) is 0 Å². The summed E-state index contributed by atoms with van der Waals surface area (Å²) in [4.78, 5) is 2.78. The number of fused-ring (bicyclic) bond motifs is 1. The van der Waals surface area contributed by atoms with Crippen LogP contribution in [0.2, 0.25) is 0 Å². The molecule has 0 spiro atoms. The van der Waals surface area contributed by atoms with Crippen LogP contribution >= 0.6 is 0 Å². The van der Waals surface area contributed by atoms with Crippen molar-refractivity contribution in [3.8, 4) is 0 Å². The molecule has 5 atom stereocenters. The van der Waals surface area contributed by atoms with E-state index in [2.05, 4.69) is 10.0 Å². The van der Waals surface area contributed by atoms with E-state index in [1.807, 2.05) is 0 Å². The van der Waals surface area contributed by atoms with Crippen LogP contribution in [0.1, 0.15) is 13.8 Å². The van der Waals surface area contributed by atoms with Gasteiger partial charge in [-0.05, 0) is 13.8 Å². The lowest BCUT2D eigenvalue weighted by molar-refractivity contribution is -0.225. The summed E-state index contributed by atoms with van der Waals surface area (Å²) in [5.41, 5.74) is 6.49. The third-order valence-corrected chi connectivity index (χ3v) is 2.77. The summed E-state index contributed by atoms with van der Waals surface area (Å²) < 4.78 is 16.3. The standard InChI is InChI=1S/C9H16N3O5/c1-9(2)16-7-5(14)6(15-8(7)17-9)4(13)3-11-12-10/h4-8,10,13-14H,3H2,1-2H3/q+1/t4-,5?,6?,7-,8-/m0/s1. The summed E-state index contributed by atoms with van der Waals surface area (Å²) in [6.07, 6.45) is -4.17. The van der Waals surface area contributed by atoms with E-state index in [1.54, 1.807) is 13.8 Å². The van der Waals surface area contributed by atoms with Crippen molar-refractivity contribution < 1.29 is 24.4 Å². The van der Waals surface area contributed by atoms with Crippen LogP contribution in [0, 0.1) is 5.53 Å². The summed E-state index contributed by atoms with van der Waals surface area (Å²) in [6.45, 7) is 3.34. The molecular weight excluding hydrogens is 230 g/mol. The number of hydrogen-bond donors (Lipinski definition) is 3. The lowest BCUT2D eigenvalue weighted by Gasteiger charge is -2.24. The number of rotatable bonds is 3. The predicted molar refractivity (Wildman–Crippen MR) is 52.9 cm³/mol. The van der Waals surface area contributed by atoms with Gasteiger partial charge in [-0.2, -0.15) is 0 Å². The normalized spacial score (nSPS) is 40.7. The number of nitrogens with one attached hydrogen (secondary N) is 1. The Labute approximate surface area is 97.7 Å². The fraction of sp³-hybridized carbons (Fsp3) is 1.00. The van der Waals surface area contributed by atoms with E-state index in [9.17, 15) is 10.2 Å². The highest BCUT2D eigenvalue weighted by atomic mass is 16.8. The van der Waals surface area contributed by atoms with E-state index in [-0.39, 0.29) is 6.54 Å². The first-order valence-corrected chi connectivity index (χ1v) is 5.35. The molecule has 2 aliphatic rings. The van der Waals surface area contributed by atoms with Gasteiger partial charge in [0.15, 0.2) is 18.6 Å². The summed E-state index contributed by atoms with van der Waals surface area (Å²) in [6, 6.07) is 0. The van der Waals surface area contributed by atoms with Crippen molar-refractivity contribution in [1.29, 1.82) is 5.53 Å². The molecule has 0 saturated carbocycles. The molecule has 2 fully saturated rings. The van der Waals surface area contributed by atoms with Crippen molar-refractivity contribution in [2.75, 3.05) is 6.54 Å². The number of aliphatic hydroxyl groups excluding tert-OH is 2. The van der Waals surface area contributed by atoms with Gasteiger partial charge in [-0.3, -0.25) is 0 Å². The van der Waals surface area contributed by atoms with E-state index in [4.69, 9.17) is 19.7 Å². The van der Waals surface area contributed by atoms with Gasteiger partial charge in [-0.15, -0.1) is 0 Å². The fourth-order valence-corrected chi connectivity index (χ4v) is 2.06. The Morgan fingerprint density at radius 2 is 2.18 bits per heavy atom.